The van der Waals surface area contributed by atoms with Crippen molar-refractivity contribution in [3.8, 4) is 0 Å². The number of fused-ring (bicyclic) bond motifs is 1. The lowest BCUT2D eigenvalue weighted by atomic mass is 10.1. The Bertz CT molecular complexity index is 1010. The van der Waals surface area contributed by atoms with Gasteiger partial charge in [-0.15, -0.1) is 0 Å². The van der Waals surface area contributed by atoms with E-state index in [1.54, 1.807) is 23.9 Å². The van der Waals surface area contributed by atoms with Crippen LogP contribution in [0.1, 0.15) is 42.2 Å². The molecule has 0 spiro atoms. The van der Waals surface area contributed by atoms with Gasteiger partial charge in [0.05, 0.1) is 17.8 Å². The van der Waals surface area contributed by atoms with Gasteiger partial charge in [-0.3, -0.25) is 9.59 Å². The zero-order valence-corrected chi connectivity index (χ0v) is 14.3. The molecule has 0 aliphatic carbocycles. The predicted molar refractivity (Wildman–Crippen MR) is 94.4 cm³/mol. The Morgan fingerprint density at radius 3 is 2.92 bits per heavy atom. The van der Waals surface area contributed by atoms with Crippen LogP contribution in [-0.2, 0) is 0 Å². The normalized spacial score (nSPS) is 12.3. The van der Waals surface area contributed by atoms with Crippen molar-refractivity contribution in [1.29, 1.82) is 0 Å². The van der Waals surface area contributed by atoms with E-state index in [0.717, 1.165) is 12.5 Å². The van der Waals surface area contributed by atoms with E-state index < -0.39 is 17.2 Å². The predicted octanol–water partition coefficient (Wildman–Crippen LogP) is 3.40. The maximum atomic E-state index is 13.6. The largest absolute Gasteiger partial charge is 0.360 e. The molecule has 3 aromatic rings. The molecule has 25 heavy (non-hydrogen) atoms. The van der Waals surface area contributed by atoms with Crippen LogP contribution in [0.15, 0.2) is 35.4 Å². The van der Waals surface area contributed by atoms with Crippen molar-refractivity contribution in [1.82, 2.24) is 14.8 Å². The van der Waals surface area contributed by atoms with E-state index in [2.05, 4.69) is 15.4 Å². The van der Waals surface area contributed by atoms with Gasteiger partial charge in [0.15, 0.2) is 0 Å². The molecule has 2 N–H and O–H groups in total. The van der Waals surface area contributed by atoms with Crippen LogP contribution in [0.4, 0.5) is 10.2 Å². The minimum atomic E-state index is -0.560. The quantitative estimate of drug-likeness (QED) is 0.763. The molecule has 0 fully saturated rings. The number of halogens is 1. The van der Waals surface area contributed by atoms with Gasteiger partial charge in [-0.25, -0.2) is 9.07 Å². The fraction of sp³-hybridized carbons (Fsp3) is 0.278. The van der Waals surface area contributed by atoms with E-state index >= 15 is 0 Å². The number of benzene rings is 1. The van der Waals surface area contributed by atoms with Crippen LogP contribution >= 0.6 is 0 Å². The van der Waals surface area contributed by atoms with Gasteiger partial charge in [0.1, 0.15) is 17.2 Å². The molecule has 0 unspecified atom stereocenters. The van der Waals surface area contributed by atoms with Gasteiger partial charge in [0, 0.05) is 17.6 Å². The van der Waals surface area contributed by atoms with E-state index in [4.69, 9.17) is 0 Å². The molecule has 1 atom stereocenters. The number of H-pyrrole nitrogens is 1. The second kappa shape index (κ2) is 6.51. The van der Waals surface area contributed by atoms with Crippen molar-refractivity contribution in [2.24, 2.45) is 0 Å². The number of hydrogen-bond acceptors (Lipinski definition) is 3. The van der Waals surface area contributed by atoms with Crippen molar-refractivity contribution in [3.63, 3.8) is 0 Å². The number of aromatic amines is 1. The molecule has 1 amide bonds. The number of nitrogens with zero attached hydrogens (tertiary/aromatic N) is 2. The molecule has 0 saturated heterocycles. The fourth-order valence-corrected chi connectivity index (χ4v) is 2.76. The number of carbonyl (C=O) groups excluding carboxylic acids is 1. The Hall–Kier alpha value is -2.96. The number of aromatic nitrogens is 3. The number of carbonyl (C=O) groups is 1. The highest BCUT2D eigenvalue weighted by molar-refractivity contribution is 6.05. The molecule has 2 aromatic heterocycles. The Morgan fingerprint density at radius 2 is 2.20 bits per heavy atom. The summed E-state index contributed by atoms with van der Waals surface area (Å²) >= 11 is 0. The van der Waals surface area contributed by atoms with Gasteiger partial charge < -0.3 is 10.3 Å². The molecule has 0 radical (unpaired) electrons. The molecular weight excluding hydrogens is 323 g/mol. The summed E-state index contributed by atoms with van der Waals surface area (Å²) in [6, 6.07) is 4.25. The number of anilines is 1. The monoisotopic (exact) mass is 342 g/mol. The third kappa shape index (κ3) is 3.05. The summed E-state index contributed by atoms with van der Waals surface area (Å²) in [6.45, 7) is 5.70. The lowest BCUT2D eigenvalue weighted by Crippen LogP contribution is -2.24. The Morgan fingerprint density at radius 1 is 1.44 bits per heavy atom. The summed E-state index contributed by atoms with van der Waals surface area (Å²) in [7, 11) is 0. The average molecular weight is 342 g/mol. The number of nitrogens with one attached hydrogen (secondary N) is 2. The Kier molecular flexibility index (Phi) is 4.39. The first-order valence-electron chi connectivity index (χ1n) is 8.08. The van der Waals surface area contributed by atoms with Gasteiger partial charge in [-0.1, -0.05) is 6.92 Å². The van der Waals surface area contributed by atoms with Crippen LogP contribution in [0.2, 0.25) is 0 Å². The molecule has 0 bridgehead atoms. The number of amides is 1. The molecule has 0 saturated carbocycles. The SMILES string of the molecule is CC[C@H](C)n1nccc1NC(=O)c1c[nH]c2c(C)cc(F)cc2c1=O. The lowest BCUT2D eigenvalue weighted by molar-refractivity contribution is 0.102. The van der Waals surface area contributed by atoms with Crippen LogP contribution in [-0.4, -0.2) is 20.7 Å². The van der Waals surface area contributed by atoms with Crippen LogP contribution in [0.25, 0.3) is 10.9 Å². The highest BCUT2D eigenvalue weighted by Gasteiger charge is 2.17. The number of hydrogen-bond donors (Lipinski definition) is 2. The van der Waals surface area contributed by atoms with Crippen molar-refractivity contribution >= 4 is 22.6 Å². The third-order valence-corrected chi connectivity index (χ3v) is 4.32. The first-order chi connectivity index (χ1) is 11.9. The van der Waals surface area contributed by atoms with Gasteiger partial charge >= 0.3 is 0 Å². The molecule has 0 aliphatic rings. The van der Waals surface area contributed by atoms with Crippen molar-refractivity contribution in [2.45, 2.75) is 33.2 Å². The third-order valence-electron chi connectivity index (χ3n) is 4.32. The van der Waals surface area contributed by atoms with Crippen molar-refractivity contribution in [2.75, 3.05) is 5.32 Å². The lowest BCUT2D eigenvalue weighted by Gasteiger charge is -2.14. The molecule has 7 heteroatoms. The molecule has 3 rings (SSSR count). The maximum absolute atomic E-state index is 13.6. The summed E-state index contributed by atoms with van der Waals surface area (Å²) in [6.07, 6.45) is 3.79. The number of rotatable bonds is 4. The van der Waals surface area contributed by atoms with Crippen molar-refractivity contribution in [3.05, 3.63) is 57.8 Å². The first kappa shape index (κ1) is 16.9. The topological polar surface area (TPSA) is 79.8 Å². The first-order valence-corrected chi connectivity index (χ1v) is 8.08. The smallest absolute Gasteiger partial charge is 0.262 e. The summed E-state index contributed by atoms with van der Waals surface area (Å²) in [5, 5.41) is 7.05. The van der Waals surface area contributed by atoms with E-state index in [-0.39, 0.29) is 17.0 Å². The van der Waals surface area contributed by atoms with Crippen LogP contribution in [0, 0.1) is 12.7 Å². The second-order valence-electron chi connectivity index (χ2n) is 6.05. The van der Waals surface area contributed by atoms with Gasteiger partial charge in [-0.05, 0) is 38.0 Å². The molecule has 6 nitrogen and oxygen atoms in total. The number of aryl methyl sites for hydroxylation is 1. The van der Waals surface area contributed by atoms with Gasteiger partial charge in [-0.2, -0.15) is 5.10 Å². The zero-order chi connectivity index (χ0) is 18.1. The van der Waals surface area contributed by atoms with Gasteiger partial charge in [0.25, 0.3) is 5.91 Å². The molecule has 130 valence electrons. The van der Waals surface area contributed by atoms with E-state index in [1.165, 1.54) is 12.3 Å². The van der Waals surface area contributed by atoms with Gasteiger partial charge in [0.2, 0.25) is 5.43 Å². The Labute approximate surface area is 143 Å². The summed E-state index contributed by atoms with van der Waals surface area (Å²) < 4.78 is 15.3. The molecular formula is C18H19FN4O2. The summed E-state index contributed by atoms with van der Waals surface area (Å²) in [4.78, 5) is 28.1. The summed E-state index contributed by atoms with van der Waals surface area (Å²) in [5.41, 5.74) is 0.541. The average Bonchev–Trinajstić information content (AvgIpc) is 3.03. The molecule has 0 aliphatic heterocycles. The number of pyridine rings is 1. The van der Waals surface area contributed by atoms with Crippen LogP contribution < -0.4 is 10.7 Å². The van der Waals surface area contributed by atoms with E-state index in [9.17, 15) is 14.0 Å². The summed E-state index contributed by atoms with van der Waals surface area (Å²) in [5.74, 6) is -0.563. The highest BCUT2D eigenvalue weighted by Crippen LogP contribution is 2.18. The van der Waals surface area contributed by atoms with Crippen LogP contribution in [0.3, 0.4) is 0 Å². The minimum Gasteiger partial charge on any atom is -0.360 e. The molecule has 1 aromatic carbocycles. The van der Waals surface area contributed by atoms with E-state index in [0.29, 0.717) is 16.9 Å². The Balaban J connectivity index is 2.00. The second-order valence-corrected chi connectivity index (χ2v) is 6.05. The minimum absolute atomic E-state index is 0.0746. The van der Waals surface area contributed by atoms with Crippen molar-refractivity contribution < 1.29 is 9.18 Å². The highest BCUT2D eigenvalue weighted by atomic mass is 19.1. The van der Waals surface area contributed by atoms with E-state index in [1.807, 2.05) is 13.8 Å². The molecule has 2 heterocycles. The maximum Gasteiger partial charge on any atom is 0.262 e. The standard InChI is InChI=1S/C18H19FN4O2/c1-4-11(3)23-15(5-6-21-23)22-18(25)14-9-20-16-10(2)7-12(19)8-13(16)17(14)24/h5-9,11H,4H2,1-3H3,(H,20,24)(H,22,25)/t11-/m0/s1. The fourth-order valence-electron chi connectivity index (χ4n) is 2.76. The zero-order valence-electron chi connectivity index (χ0n) is 14.3. The van der Waals surface area contributed by atoms with Crippen LogP contribution in [0.5, 0.6) is 0 Å².